The molecule has 0 atom stereocenters. The molecule has 0 fully saturated rings. The summed E-state index contributed by atoms with van der Waals surface area (Å²) in [4.78, 5) is 2.66. The molecule has 0 bridgehead atoms. The molecule has 414 valence electrons. The van der Waals surface area contributed by atoms with Gasteiger partial charge >= 0.3 is 6.85 Å². The van der Waals surface area contributed by atoms with E-state index in [0.717, 1.165) is 22.2 Å². The normalized spacial score (nSPS) is 14.4. The third kappa shape index (κ3) is 9.18. The highest BCUT2D eigenvalue weighted by Crippen LogP contribution is 2.53. The Bertz CT molecular complexity index is 3950. The van der Waals surface area contributed by atoms with Crippen LogP contribution in [-0.4, -0.2) is 11.3 Å². The second-order valence-corrected chi connectivity index (χ2v) is 32.5. The number of hydrogen-bond acceptors (Lipinski definition) is 2. The minimum atomic E-state index is -0.203. The van der Waals surface area contributed by atoms with Gasteiger partial charge in [0.25, 0.3) is 0 Å². The summed E-state index contributed by atoms with van der Waals surface area (Å²) in [6, 6.07) is 46.8. The van der Waals surface area contributed by atoms with E-state index in [2.05, 4.69) is 291 Å². The van der Waals surface area contributed by atoms with Crippen LogP contribution >= 0.6 is 0 Å². The van der Waals surface area contributed by atoms with E-state index in [4.69, 9.17) is 4.42 Å². The van der Waals surface area contributed by atoms with Gasteiger partial charge in [-0.05, 0) is 146 Å². The zero-order chi connectivity index (χ0) is 58.3. The lowest BCUT2D eigenvalue weighted by Gasteiger charge is -2.42. The fourth-order valence-corrected chi connectivity index (χ4v) is 12.7. The summed E-state index contributed by atoms with van der Waals surface area (Å²) >= 11 is 0. The Labute approximate surface area is 481 Å². The van der Waals surface area contributed by atoms with Crippen molar-refractivity contribution < 1.29 is 4.42 Å². The van der Waals surface area contributed by atoms with Crippen LogP contribution in [0.4, 0.5) is 17.1 Å². The molecule has 3 nitrogen and oxygen atoms in total. The number of fused-ring (bicyclic) bond motifs is 7. The van der Waals surface area contributed by atoms with E-state index < -0.39 is 0 Å². The summed E-state index contributed by atoms with van der Waals surface area (Å²) in [6.07, 6.45) is 0. The highest BCUT2D eigenvalue weighted by atomic mass is 16.3. The van der Waals surface area contributed by atoms with Crippen LogP contribution in [0.15, 0.2) is 120 Å². The molecular weight excluding hydrogens is 968 g/mol. The lowest BCUT2D eigenvalue weighted by atomic mass is 9.44. The van der Waals surface area contributed by atoms with Crippen molar-refractivity contribution in [1.29, 1.82) is 0 Å². The van der Waals surface area contributed by atoms with Crippen molar-refractivity contribution in [2.75, 3.05) is 4.90 Å². The third-order valence-corrected chi connectivity index (χ3v) is 18.0. The zero-order valence-corrected chi connectivity index (χ0v) is 53.3. The van der Waals surface area contributed by atoms with Gasteiger partial charge in [-0.25, -0.2) is 0 Å². The predicted octanol–water partition coefficient (Wildman–Crippen LogP) is 20.7. The molecule has 4 heterocycles. The highest BCUT2D eigenvalue weighted by Gasteiger charge is 2.46. The second-order valence-electron chi connectivity index (χ2n) is 32.5. The first kappa shape index (κ1) is 55.6. The van der Waals surface area contributed by atoms with Crippen molar-refractivity contribution in [2.24, 2.45) is 0 Å². The van der Waals surface area contributed by atoms with E-state index in [0.29, 0.717) is 0 Å². The van der Waals surface area contributed by atoms with Gasteiger partial charge in [0.05, 0.1) is 0 Å². The molecule has 0 radical (unpaired) electrons. The van der Waals surface area contributed by atoms with Crippen LogP contribution in [0.25, 0.3) is 66.4 Å². The quantitative estimate of drug-likeness (QED) is 0.164. The van der Waals surface area contributed by atoms with E-state index in [1.807, 2.05) is 0 Å². The Kier molecular flexibility index (Phi) is 12.3. The lowest BCUT2D eigenvalue weighted by molar-refractivity contribution is 0.559. The molecule has 0 saturated carbocycles. The molecule has 0 spiro atoms. The number of nitrogens with zero attached hydrogens (tertiary/aromatic N) is 2. The summed E-state index contributed by atoms with van der Waals surface area (Å²) in [7, 11) is 0. The van der Waals surface area contributed by atoms with Crippen LogP contribution in [0.5, 0.6) is 0 Å². The molecule has 0 unspecified atom stereocenters. The molecule has 0 aliphatic carbocycles. The van der Waals surface area contributed by atoms with Crippen molar-refractivity contribution >= 4 is 67.7 Å². The van der Waals surface area contributed by atoms with E-state index >= 15 is 0 Å². The Hall–Kier alpha value is -6.26. The minimum absolute atomic E-state index is 0.00294. The zero-order valence-electron chi connectivity index (χ0n) is 53.3. The lowest BCUT2D eigenvalue weighted by Crippen LogP contribution is -2.57. The van der Waals surface area contributed by atoms with Crippen molar-refractivity contribution in [1.82, 2.24) is 4.48 Å². The van der Waals surface area contributed by atoms with E-state index in [1.54, 1.807) is 0 Å². The monoisotopic (exact) mass is 1060 g/mol. The van der Waals surface area contributed by atoms with Gasteiger partial charge in [-0.1, -0.05) is 239 Å². The summed E-state index contributed by atoms with van der Waals surface area (Å²) in [5.41, 5.74) is 26.9. The van der Waals surface area contributed by atoms with Crippen molar-refractivity contribution in [3.05, 3.63) is 160 Å². The maximum Gasteiger partial charge on any atom is 0.333 e. The number of furan rings is 1. The average Bonchev–Trinajstić information content (AvgIpc) is 3.87. The van der Waals surface area contributed by atoms with Gasteiger partial charge in [0.15, 0.2) is 0 Å². The molecule has 0 amide bonds. The summed E-state index contributed by atoms with van der Waals surface area (Å²) in [6.45, 7) is 56.3. The van der Waals surface area contributed by atoms with Crippen molar-refractivity contribution in [3.63, 3.8) is 0 Å². The topological polar surface area (TPSA) is 21.3 Å². The van der Waals surface area contributed by atoms with Gasteiger partial charge in [-0.3, -0.25) is 0 Å². The fourth-order valence-electron chi connectivity index (χ4n) is 12.7. The van der Waals surface area contributed by atoms with Crippen LogP contribution in [0.2, 0.25) is 0 Å². The first-order valence-corrected chi connectivity index (χ1v) is 29.9. The summed E-state index contributed by atoms with van der Waals surface area (Å²) < 4.78 is 10.2. The molecule has 2 aliphatic rings. The van der Waals surface area contributed by atoms with Crippen LogP contribution in [0, 0.1) is 0 Å². The molecular formula is C76H91BN2O. The van der Waals surface area contributed by atoms with Crippen LogP contribution in [-0.2, 0) is 43.3 Å². The molecule has 80 heavy (non-hydrogen) atoms. The van der Waals surface area contributed by atoms with Gasteiger partial charge in [0.2, 0.25) is 0 Å². The van der Waals surface area contributed by atoms with Crippen LogP contribution in [0.1, 0.15) is 211 Å². The van der Waals surface area contributed by atoms with Gasteiger partial charge in [0.1, 0.15) is 11.2 Å². The fraction of sp³-hybridized carbons (Fsp3) is 0.421. The standard InChI is InChI=1S/C76H91BN2O/c1-69(2,3)46-29-25-44(26-30-46)64-58-39-50(73(13,14)15)37-56-55-36-52(75(19,20)21)41-62-65(55)77(79(67(56)58)66(64)45-27-31-47(32-28-45)70(4,5)6)60-42-54-57-38-51(74(16,17)18)40-59(76(22,23)24)68(57)80-63(54)43-61(60)78(62)53-34-48(71(7,8)9)33-49(35-53)72(10,11)12/h25-43H,1-24H3. The maximum absolute atomic E-state index is 7.41. The molecule has 9 aromatic rings. The molecule has 0 saturated heterocycles. The number of hydrogen-bond donors (Lipinski definition) is 0. The van der Waals surface area contributed by atoms with E-state index in [9.17, 15) is 0 Å². The van der Waals surface area contributed by atoms with Crippen LogP contribution in [0.3, 0.4) is 0 Å². The third-order valence-electron chi connectivity index (χ3n) is 18.0. The maximum atomic E-state index is 7.41. The molecule has 7 aromatic carbocycles. The summed E-state index contributed by atoms with van der Waals surface area (Å²) in [5, 5.41) is 3.65. The Morgan fingerprint density at radius 3 is 1.31 bits per heavy atom. The Morgan fingerprint density at radius 2 is 0.812 bits per heavy atom. The van der Waals surface area contributed by atoms with Crippen molar-refractivity contribution in [2.45, 2.75) is 209 Å². The first-order chi connectivity index (χ1) is 36.7. The molecule has 2 aliphatic heterocycles. The largest absolute Gasteiger partial charge is 0.456 e. The SMILES string of the molecule is CC(C)(C)c1ccc(-c2c(-c3ccc(C(C)(C)C)cc3)n3c4c(cc(C(C)(C)C)cc24)-c2cc(C(C)(C)C)cc4c2B3c2cc3c(cc2N4c2cc(C(C)(C)C)cc(C(C)(C)C)c2)oc2c(C(C)(C)C)cc(C(C)(C)C)cc23)cc1. The average molecular weight is 1060 g/mol. The smallest absolute Gasteiger partial charge is 0.333 e. The van der Waals surface area contributed by atoms with Gasteiger partial charge < -0.3 is 13.8 Å². The van der Waals surface area contributed by atoms with Gasteiger partial charge in [-0.2, -0.15) is 0 Å². The molecule has 11 rings (SSSR count). The van der Waals surface area contributed by atoms with Crippen LogP contribution < -0.4 is 15.8 Å². The minimum Gasteiger partial charge on any atom is -0.456 e. The molecule has 0 N–H and O–H groups in total. The van der Waals surface area contributed by atoms with Gasteiger partial charge in [0, 0.05) is 67.2 Å². The van der Waals surface area contributed by atoms with E-state index in [1.165, 1.54) is 117 Å². The first-order valence-electron chi connectivity index (χ1n) is 29.9. The number of anilines is 3. The second kappa shape index (κ2) is 17.6. The number of benzene rings is 7. The number of rotatable bonds is 3. The predicted molar refractivity (Wildman–Crippen MR) is 350 cm³/mol. The van der Waals surface area contributed by atoms with E-state index in [-0.39, 0.29) is 50.2 Å². The van der Waals surface area contributed by atoms with Gasteiger partial charge in [-0.15, -0.1) is 0 Å². The summed E-state index contributed by atoms with van der Waals surface area (Å²) in [5.74, 6) is 0. The number of aromatic nitrogens is 1. The Morgan fingerprint density at radius 1 is 0.362 bits per heavy atom. The van der Waals surface area contributed by atoms with Crippen molar-refractivity contribution in [3.8, 4) is 33.5 Å². The molecule has 4 heteroatoms. The highest BCUT2D eigenvalue weighted by molar-refractivity contribution is 6.90. The Balaban J connectivity index is 1.39. The molecule has 2 aromatic heterocycles.